The average Bonchev–Trinajstić information content (AvgIpc) is 3.29. The largest absolute Gasteiger partial charge is 0.349 e. The number of benzene rings is 1. The Kier molecular flexibility index (Phi) is 6.30. The van der Waals surface area contributed by atoms with E-state index in [-0.39, 0.29) is 28.7 Å². The molecule has 0 bridgehead atoms. The maximum atomic E-state index is 13.1. The van der Waals surface area contributed by atoms with Crippen LogP contribution in [0.5, 0.6) is 0 Å². The minimum Gasteiger partial charge on any atom is -0.349 e. The third kappa shape index (κ3) is 4.54. The lowest BCUT2D eigenvalue weighted by molar-refractivity contribution is -0.120. The van der Waals surface area contributed by atoms with Gasteiger partial charge >= 0.3 is 0 Å². The van der Waals surface area contributed by atoms with Crippen molar-refractivity contribution in [3.8, 4) is 0 Å². The van der Waals surface area contributed by atoms with E-state index < -0.39 is 15.4 Å². The Labute approximate surface area is 190 Å². The van der Waals surface area contributed by atoms with Crippen molar-refractivity contribution >= 4 is 44.2 Å². The topological polar surface area (TPSA) is 115 Å². The zero-order valence-electron chi connectivity index (χ0n) is 18.2. The second-order valence-corrected chi connectivity index (χ2v) is 11.7. The van der Waals surface area contributed by atoms with Crippen LogP contribution in [0, 0.1) is 0 Å². The molecule has 9 nitrogen and oxygen atoms in total. The zero-order valence-corrected chi connectivity index (χ0v) is 19.8. The molecule has 4 rings (SSSR count). The lowest BCUT2D eigenvalue weighted by Crippen LogP contribution is -2.47. The highest BCUT2D eigenvalue weighted by Gasteiger charge is 2.39. The van der Waals surface area contributed by atoms with E-state index in [9.17, 15) is 18.0 Å². The lowest BCUT2D eigenvalue weighted by atomic mass is 10.0. The molecule has 172 valence electrons. The number of sulfone groups is 1. The van der Waals surface area contributed by atoms with Crippen molar-refractivity contribution < 1.29 is 13.2 Å². The molecule has 1 atom stereocenters. The SMILES string of the molecule is CCCCCn1c(=O)c2ccccc2n2c(SCC(=O)NC3(C)CCS(=O)(=O)C3)nnc12. The third-order valence-electron chi connectivity index (χ3n) is 5.74. The standard InChI is InChI=1S/C21H27N5O4S2/c1-3-4-7-11-25-18(28)15-8-5-6-9-16(15)26-19(25)23-24-20(26)31-13-17(27)22-21(2)10-12-32(29,30)14-21/h5-6,8-9H,3-4,7,10-14H2,1-2H3,(H,22,27). The molecule has 1 saturated heterocycles. The number of nitrogens with zero attached hydrogens (tertiary/aromatic N) is 4. The Morgan fingerprint density at radius 2 is 2.03 bits per heavy atom. The van der Waals surface area contributed by atoms with Gasteiger partial charge in [-0.3, -0.25) is 18.6 Å². The molecule has 1 N–H and O–H groups in total. The van der Waals surface area contributed by atoms with E-state index in [1.807, 2.05) is 22.6 Å². The van der Waals surface area contributed by atoms with Gasteiger partial charge in [0.25, 0.3) is 5.56 Å². The number of fused-ring (bicyclic) bond motifs is 3. The van der Waals surface area contributed by atoms with Crippen molar-refractivity contribution in [2.45, 2.75) is 56.8 Å². The fraction of sp³-hybridized carbons (Fsp3) is 0.524. The first kappa shape index (κ1) is 22.8. The molecule has 0 spiro atoms. The van der Waals surface area contributed by atoms with E-state index in [0.717, 1.165) is 19.3 Å². The van der Waals surface area contributed by atoms with Crippen LogP contribution in [0.25, 0.3) is 16.7 Å². The second kappa shape index (κ2) is 8.86. The molecule has 3 aromatic rings. The first-order valence-electron chi connectivity index (χ1n) is 10.7. The fourth-order valence-corrected chi connectivity index (χ4v) is 6.99. The number of aromatic nitrogens is 4. The highest BCUT2D eigenvalue weighted by Crippen LogP contribution is 2.25. The van der Waals surface area contributed by atoms with Gasteiger partial charge in [-0.25, -0.2) is 8.42 Å². The molecule has 1 aliphatic heterocycles. The Morgan fingerprint density at radius 3 is 2.75 bits per heavy atom. The summed E-state index contributed by atoms with van der Waals surface area (Å²) in [5.41, 5.74) is -0.141. The van der Waals surface area contributed by atoms with Crippen LogP contribution >= 0.6 is 11.8 Å². The predicted molar refractivity (Wildman–Crippen MR) is 125 cm³/mol. The van der Waals surface area contributed by atoms with Crippen LogP contribution in [0.1, 0.15) is 39.5 Å². The van der Waals surface area contributed by atoms with Gasteiger partial charge in [-0.15, -0.1) is 10.2 Å². The predicted octanol–water partition coefficient (Wildman–Crippen LogP) is 2.02. The van der Waals surface area contributed by atoms with E-state index in [4.69, 9.17) is 0 Å². The van der Waals surface area contributed by atoms with Crippen LogP contribution in [-0.2, 0) is 21.2 Å². The summed E-state index contributed by atoms with van der Waals surface area (Å²) >= 11 is 1.22. The molecule has 0 radical (unpaired) electrons. The quantitative estimate of drug-likeness (QED) is 0.390. The Balaban J connectivity index is 1.61. The van der Waals surface area contributed by atoms with E-state index in [2.05, 4.69) is 22.4 Å². The summed E-state index contributed by atoms with van der Waals surface area (Å²) < 4.78 is 27.1. The Morgan fingerprint density at radius 1 is 1.25 bits per heavy atom. The van der Waals surface area contributed by atoms with Gasteiger partial charge in [0.05, 0.1) is 33.7 Å². The van der Waals surface area contributed by atoms with Gasteiger partial charge in [-0.05, 0) is 31.9 Å². The van der Waals surface area contributed by atoms with Crippen molar-refractivity contribution in [2.24, 2.45) is 0 Å². The molecule has 0 aliphatic carbocycles. The van der Waals surface area contributed by atoms with E-state index in [1.54, 1.807) is 17.6 Å². The number of unbranched alkanes of at least 4 members (excludes halogenated alkanes) is 2. The molecule has 1 unspecified atom stereocenters. The van der Waals surface area contributed by atoms with Crippen molar-refractivity contribution in [3.05, 3.63) is 34.6 Å². The average molecular weight is 478 g/mol. The normalized spacial score (nSPS) is 20.2. The first-order chi connectivity index (χ1) is 15.2. The van der Waals surface area contributed by atoms with Crippen LogP contribution in [0.3, 0.4) is 0 Å². The number of thioether (sulfide) groups is 1. The molecule has 1 amide bonds. The van der Waals surface area contributed by atoms with Gasteiger partial charge in [0.1, 0.15) is 0 Å². The number of amides is 1. The van der Waals surface area contributed by atoms with E-state index in [0.29, 0.717) is 34.8 Å². The fourth-order valence-electron chi connectivity index (χ4n) is 4.16. The molecule has 1 aliphatic rings. The molecular weight excluding hydrogens is 450 g/mol. The van der Waals surface area contributed by atoms with E-state index in [1.165, 1.54) is 11.8 Å². The number of nitrogens with one attached hydrogen (secondary N) is 1. The summed E-state index contributed by atoms with van der Waals surface area (Å²) in [6.45, 7) is 4.42. The van der Waals surface area contributed by atoms with Gasteiger partial charge in [-0.1, -0.05) is 43.7 Å². The molecule has 3 heterocycles. The highest BCUT2D eigenvalue weighted by molar-refractivity contribution is 7.99. The van der Waals surface area contributed by atoms with Crippen LogP contribution in [0.4, 0.5) is 0 Å². The maximum Gasteiger partial charge on any atom is 0.262 e. The van der Waals surface area contributed by atoms with Gasteiger partial charge in [0.15, 0.2) is 15.0 Å². The number of carbonyl (C=O) groups excluding carboxylic acids is 1. The third-order valence-corrected chi connectivity index (χ3v) is 8.57. The van der Waals surface area contributed by atoms with Crippen molar-refractivity contribution in [3.63, 3.8) is 0 Å². The van der Waals surface area contributed by atoms with Gasteiger partial charge in [0.2, 0.25) is 11.7 Å². The van der Waals surface area contributed by atoms with Crippen LogP contribution in [-0.4, -0.2) is 56.3 Å². The van der Waals surface area contributed by atoms with Crippen molar-refractivity contribution in [1.29, 1.82) is 0 Å². The second-order valence-electron chi connectivity index (χ2n) is 8.54. The molecule has 0 saturated carbocycles. The summed E-state index contributed by atoms with van der Waals surface area (Å²) in [6.07, 6.45) is 3.33. The maximum absolute atomic E-state index is 13.1. The van der Waals surface area contributed by atoms with Crippen molar-refractivity contribution in [1.82, 2.24) is 24.5 Å². The molecule has 1 aromatic carbocycles. The Hall–Kier alpha value is -2.40. The first-order valence-corrected chi connectivity index (χ1v) is 13.5. The molecular formula is C21H27N5O4S2. The van der Waals surface area contributed by atoms with Gasteiger partial charge in [-0.2, -0.15) is 0 Å². The molecule has 32 heavy (non-hydrogen) atoms. The molecule has 2 aromatic heterocycles. The summed E-state index contributed by atoms with van der Waals surface area (Å²) in [7, 11) is -3.11. The summed E-state index contributed by atoms with van der Waals surface area (Å²) in [6, 6.07) is 7.31. The highest BCUT2D eigenvalue weighted by atomic mass is 32.2. The number of carbonyl (C=O) groups is 1. The zero-order chi connectivity index (χ0) is 22.9. The smallest absolute Gasteiger partial charge is 0.262 e. The van der Waals surface area contributed by atoms with Crippen LogP contribution in [0.15, 0.2) is 34.2 Å². The number of aryl methyl sites for hydroxylation is 1. The number of hydrogen-bond donors (Lipinski definition) is 1. The molecule has 1 fully saturated rings. The minimum absolute atomic E-state index is 0.0427. The Bertz CT molecular complexity index is 1330. The van der Waals surface area contributed by atoms with Crippen LogP contribution < -0.4 is 10.9 Å². The summed E-state index contributed by atoms with van der Waals surface area (Å²) in [4.78, 5) is 25.6. The van der Waals surface area contributed by atoms with Gasteiger partial charge < -0.3 is 5.32 Å². The lowest BCUT2D eigenvalue weighted by Gasteiger charge is -2.23. The summed E-state index contributed by atoms with van der Waals surface area (Å²) in [5, 5.41) is 12.5. The van der Waals surface area contributed by atoms with Crippen molar-refractivity contribution in [2.75, 3.05) is 17.3 Å². The number of rotatable bonds is 8. The minimum atomic E-state index is -3.11. The summed E-state index contributed by atoms with van der Waals surface area (Å²) in [5.74, 6) is 0.319. The monoisotopic (exact) mass is 477 g/mol. The van der Waals surface area contributed by atoms with Gasteiger partial charge in [0, 0.05) is 6.54 Å². The molecule has 11 heteroatoms. The number of para-hydroxylation sites is 1. The van der Waals surface area contributed by atoms with E-state index >= 15 is 0 Å². The van der Waals surface area contributed by atoms with Crippen LogP contribution in [0.2, 0.25) is 0 Å². The number of hydrogen-bond acceptors (Lipinski definition) is 7.